The zero-order valence-electron chi connectivity index (χ0n) is 21.2. The van der Waals surface area contributed by atoms with Crippen LogP contribution in [0.2, 0.25) is 5.04 Å². The summed E-state index contributed by atoms with van der Waals surface area (Å²) in [7, 11) is -2.57. The minimum Gasteiger partial charge on any atom is -0.407 e. The highest BCUT2D eigenvalue weighted by molar-refractivity contribution is 6.99. The molecule has 0 radical (unpaired) electrons. The van der Waals surface area contributed by atoms with Gasteiger partial charge in [-0.15, -0.1) is 6.58 Å². The summed E-state index contributed by atoms with van der Waals surface area (Å²) in [6.45, 7) is 14.8. The molecule has 2 aromatic carbocycles. The zero-order valence-corrected chi connectivity index (χ0v) is 22.2. The van der Waals surface area contributed by atoms with Crippen LogP contribution in [0.1, 0.15) is 47.0 Å². The third-order valence-corrected chi connectivity index (χ3v) is 12.7. The monoisotopic (exact) mass is 480 g/mol. The highest BCUT2D eigenvalue weighted by atomic mass is 28.4. The molecule has 0 N–H and O–H groups in total. The smallest absolute Gasteiger partial charge is 0.261 e. The van der Waals surface area contributed by atoms with E-state index in [0.29, 0.717) is 20.0 Å². The number of benzene rings is 2. The molecule has 0 aromatic heterocycles. The minimum atomic E-state index is -2.57. The summed E-state index contributed by atoms with van der Waals surface area (Å²) in [6, 6.07) is 21.6. The van der Waals surface area contributed by atoms with E-state index < -0.39 is 8.32 Å². The van der Waals surface area contributed by atoms with E-state index in [1.54, 1.807) is 0 Å². The largest absolute Gasteiger partial charge is 0.407 e. The van der Waals surface area contributed by atoms with Crippen LogP contribution < -0.4 is 10.4 Å². The third-order valence-electron chi connectivity index (χ3n) is 7.62. The van der Waals surface area contributed by atoms with E-state index >= 15 is 0 Å². The lowest BCUT2D eigenvalue weighted by molar-refractivity contribution is -0.279. The summed E-state index contributed by atoms with van der Waals surface area (Å²) in [4.78, 5) is 0. The molecule has 2 saturated heterocycles. The van der Waals surface area contributed by atoms with E-state index in [1.807, 2.05) is 6.08 Å². The summed E-state index contributed by atoms with van der Waals surface area (Å²) in [5.41, 5.74) is -0.176. The Bertz CT molecular complexity index is 887. The van der Waals surface area contributed by atoms with Crippen LogP contribution >= 0.6 is 0 Å². The molecule has 2 aliphatic rings. The Morgan fingerprint density at radius 2 is 1.68 bits per heavy atom. The molecule has 2 aliphatic heterocycles. The van der Waals surface area contributed by atoms with Crippen LogP contribution in [0.4, 0.5) is 0 Å². The van der Waals surface area contributed by atoms with Gasteiger partial charge in [-0.3, -0.25) is 0 Å². The molecule has 2 heterocycles. The topological polar surface area (TPSA) is 36.9 Å². The van der Waals surface area contributed by atoms with Gasteiger partial charge in [-0.05, 0) is 28.3 Å². The van der Waals surface area contributed by atoms with Gasteiger partial charge in [0.1, 0.15) is 6.79 Å². The van der Waals surface area contributed by atoms with E-state index in [4.69, 9.17) is 18.6 Å². The first-order valence-corrected chi connectivity index (χ1v) is 14.4. The van der Waals surface area contributed by atoms with Gasteiger partial charge in [-0.25, -0.2) is 0 Å². The Labute approximate surface area is 206 Å². The van der Waals surface area contributed by atoms with E-state index in [0.717, 1.165) is 19.3 Å². The van der Waals surface area contributed by atoms with Crippen molar-refractivity contribution >= 4 is 18.7 Å². The van der Waals surface area contributed by atoms with Crippen molar-refractivity contribution in [2.24, 2.45) is 5.41 Å². The van der Waals surface area contributed by atoms with Gasteiger partial charge in [-0.2, -0.15) is 0 Å². The molecule has 34 heavy (non-hydrogen) atoms. The second-order valence-corrected chi connectivity index (χ2v) is 15.2. The van der Waals surface area contributed by atoms with Gasteiger partial charge in [0.15, 0.2) is 0 Å². The van der Waals surface area contributed by atoms with Gasteiger partial charge in [0.25, 0.3) is 8.32 Å². The fourth-order valence-electron chi connectivity index (χ4n) is 5.81. The first kappa shape index (κ1) is 25.3. The van der Waals surface area contributed by atoms with Crippen LogP contribution in [0.5, 0.6) is 0 Å². The third kappa shape index (κ3) is 4.82. The minimum absolute atomic E-state index is 0.00900. The second-order valence-electron chi connectivity index (χ2n) is 10.9. The molecule has 0 aliphatic carbocycles. The van der Waals surface area contributed by atoms with Crippen molar-refractivity contribution < 1.29 is 18.6 Å². The van der Waals surface area contributed by atoms with Crippen LogP contribution in [-0.4, -0.2) is 46.6 Å². The van der Waals surface area contributed by atoms with E-state index in [9.17, 15) is 0 Å². The lowest BCUT2D eigenvalue weighted by atomic mass is 9.73. The Morgan fingerprint density at radius 1 is 1.06 bits per heavy atom. The molecule has 184 valence electrons. The molecule has 0 saturated carbocycles. The quantitative estimate of drug-likeness (QED) is 0.391. The van der Waals surface area contributed by atoms with Crippen LogP contribution in [0.25, 0.3) is 0 Å². The molecule has 2 fully saturated rings. The number of hydrogen-bond donors (Lipinski definition) is 0. The highest BCUT2D eigenvalue weighted by Crippen LogP contribution is 2.44. The predicted molar refractivity (Wildman–Crippen MR) is 140 cm³/mol. The Morgan fingerprint density at radius 3 is 2.24 bits per heavy atom. The van der Waals surface area contributed by atoms with Crippen molar-refractivity contribution in [1.29, 1.82) is 0 Å². The molecular weight excluding hydrogens is 440 g/mol. The number of rotatable bonds is 8. The molecular formula is C29H40O4Si. The Kier molecular flexibility index (Phi) is 7.80. The first-order chi connectivity index (χ1) is 16.3. The number of ether oxygens (including phenoxy) is 3. The average molecular weight is 481 g/mol. The predicted octanol–water partition coefficient (Wildman–Crippen LogP) is 5.07. The summed E-state index contributed by atoms with van der Waals surface area (Å²) in [5, 5.41) is 2.56. The highest BCUT2D eigenvalue weighted by Gasteiger charge is 2.52. The molecule has 2 aromatic rings. The standard InChI is InChI=1S/C29H40O4Si/c1-6-13-23-20-27-29(5,21-30-22-31-27)26(33-23)18-19-32-34(28(2,3)4,24-14-9-7-10-15-24)25-16-11-8-12-17-25/h6-12,14-17,23,26-27H,1,13,18-22H2,2-5H3/t23-,26+,27-,29+/m1/s1. The van der Waals surface area contributed by atoms with Crippen LogP contribution in [0, 0.1) is 5.41 Å². The molecule has 0 amide bonds. The summed E-state index contributed by atoms with van der Waals surface area (Å²) >= 11 is 0. The lowest BCUT2D eigenvalue weighted by Gasteiger charge is -2.51. The van der Waals surface area contributed by atoms with Gasteiger partial charge in [-0.1, -0.05) is 94.4 Å². The lowest BCUT2D eigenvalue weighted by Crippen LogP contribution is -2.67. The molecule has 4 rings (SSSR count). The van der Waals surface area contributed by atoms with Gasteiger partial charge in [0, 0.05) is 18.4 Å². The molecule has 5 heteroatoms. The van der Waals surface area contributed by atoms with Crippen molar-refractivity contribution in [1.82, 2.24) is 0 Å². The van der Waals surface area contributed by atoms with Crippen molar-refractivity contribution in [3.8, 4) is 0 Å². The van der Waals surface area contributed by atoms with Gasteiger partial charge < -0.3 is 18.6 Å². The SMILES string of the molecule is C=CC[C@@H]1C[C@H]2OCOC[C@@]2(C)[C@H](CCO[Si](c2ccccc2)(c2ccccc2)C(C)(C)C)O1. The van der Waals surface area contributed by atoms with Crippen molar-refractivity contribution in [3.05, 3.63) is 73.3 Å². The number of hydrogen-bond acceptors (Lipinski definition) is 4. The van der Waals surface area contributed by atoms with E-state index in [2.05, 4.69) is 94.9 Å². The first-order valence-electron chi connectivity index (χ1n) is 12.5. The molecule has 0 bridgehead atoms. The van der Waals surface area contributed by atoms with Gasteiger partial charge in [0.2, 0.25) is 0 Å². The zero-order chi connectivity index (χ0) is 24.2. The maximum atomic E-state index is 7.15. The summed E-state index contributed by atoms with van der Waals surface area (Å²) in [5.74, 6) is 0. The van der Waals surface area contributed by atoms with Crippen molar-refractivity contribution in [2.75, 3.05) is 20.0 Å². The fourth-order valence-corrected chi connectivity index (χ4v) is 10.4. The maximum absolute atomic E-state index is 7.15. The van der Waals surface area contributed by atoms with E-state index in [-0.39, 0.29) is 28.8 Å². The fraction of sp³-hybridized carbons (Fsp3) is 0.517. The van der Waals surface area contributed by atoms with Crippen LogP contribution in [0.3, 0.4) is 0 Å². The van der Waals surface area contributed by atoms with E-state index in [1.165, 1.54) is 10.4 Å². The summed E-state index contributed by atoms with van der Waals surface area (Å²) in [6.07, 6.45) is 4.75. The average Bonchev–Trinajstić information content (AvgIpc) is 2.83. The van der Waals surface area contributed by atoms with Gasteiger partial charge >= 0.3 is 0 Å². The normalized spacial score (nSPS) is 27.7. The van der Waals surface area contributed by atoms with Crippen molar-refractivity contribution in [3.63, 3.8) is 0 Å². The Balaban J connectivity index is 1.62. The number of fused-ring (bicyclic) bond motifs is 1. The van der Waals surface area contributed by atoms with Crippen LogP contribution in [0.15, 0.2) is 73.3 Å². The van der Waals surface area contributed by atoms with Crippen molar-refractivity contribution in [2.45, 2.75) is 70.3 Å². The summed E-state index contributed by atoms with van der Waals surface area (Å²) < 4.78 is 25.6. The van der Waals surface area contributed by atoms with Crippen LogP contribution in [-0.2, 0) is 18.6 Å². The van der Waals surface area contributed by atoms with Gasteiger partial charge in [0.05, 0.1) is 24.9 Å². The Hall–Kier alpha value is -1.76. The molecule has 0 spiro atoms. The molecule has 4 nitrogen and oxygen atoms in total. The molecule has 0 unspecified atom stereocenters. The second kappa shape index (κ2) is 10.5. The maximum Gasteiger partial charge on any atom is 0.261 e. The molecule has 4 atom stereocenters.